The second kappa shape index (κ2) is 12.9. The highest BCUT2D eigenvalue weighted by molar-refractivity contribution is 7.90. The first kappa shape index (κ1) is 28.6. The van der Waals surface area contributed by atoms with E-state index in [1.165, 1.54) is 19.0 Å². The lowest BCUT2D eigenvalue weighted by atomic mass is 10.1. The molecule has 0 spiro atoms. The standard InChI is InChI=1S/C25H35ClN4O4S/c1-6-19(3)27-25(32)23(7-2)29(17-20-13-11-12-16-22(20)26)24(31)18-30(35(33,34)28(4)5)21-14-9-8-10-15-21/h8-16,19,23H,6-7,17-18H2,1-5H3,(H,27,32). The number of rotatable bonds is 12. The van der Waals surface area contributed by atoms with Crippen LogP contribution in [0.2, 0.25) is 5.02 Å². The van der Waals surface area contributed by atoms with E-state index in [0.717, 1.165) is 15.0 Å². The average molecular weight is 523 g/mol. The lowest BCUT2D eigenvalue weighted by Gasteiger charge is -2.34. The molecule has 2 rings (SSSR count). The summed E-state index contributed by atoms with van der Waals surface area (Å²) in [6.45, 7) is 5.27. The molecule has 0 fully saturated rings. The summed E-state index contributed by atoms with van der Waals surface area (Å²) in [6.07, 6.45) is 1.09. The fourth-order valence-electron chi connectivity index (χ4n) is 3.48. The quantitative estimate of drug-likeness (QED) is 0.460. The highest BCUT2D eigenvalue weighted by Crippen LogP contribution is 2.23. The second-order valence-corrected chi connectivity index (χ2v) is 11.0. The van der Waals surface area contributed by atoms with Crippen LogP contribution in [-0.4, -0.2) is 62.2 Å². The Morgan fingerprint density at radius 3 is 2.11 bits per heavy atom. The number of carbonyl (C=O) groups is 2. The highest BCUT2D eigenvalue weighted by Gasteiger charge is 2.34. The second-order valence-electron chi connectivity index (χ2n) is 8.49. The third kappa shape index (κ3) is 7.43. The molecular weight excluding hydrogens is 488 g/mol. The molecule has 0 bridgehead atoms. The summed E-state index contributed by atoms with van der Waals surface area (Å²) < 4.78 is 28.4. The zero-order chi connectivity index (χ0) is 26.2. The predicted molar refractivity (Wildman–Crippen MR) is 140 cm³/mol. The molecule has 192 valence electrons. The molecule has 0 aliphatic heterocycles. The van der Waals surface area contributed by atoms with Crippen molar-refractivity contribution < 1.29 is 18.0 Å². The maximum absolute atomic E-state index is 13.8. The Bertz CT molecular complexity index is 1100. The third-order valence-corrected chi connectivity index (χ3v) is 7.94. The van der Waals surface area contributed by atoms with Crippen LogP contribution in [0.1, 0.15) is 39.2 Å². The first-order valence-electron chi connectivity index (χ1n) is 11.6. The average Bonchev–Trinajstić information content (AvgIpc) is 2.83. The lowest BCUT2D eigenvalue weighted by Crippen LogP contribution is -2.54. The van der Waals surface area contributed by atoms with Gasteiger partial charge in [-0.05, 0) is 43.5 Å². The van der Waals surface area contributed by atoms with Crippen molar-refractivity contribution in [2.45, 2.75) is 52.2 Å². The van der Waals surface area contributed by atoms with E-state index >= 15 is 0 Å². The lowest BCUT2D eigenvalue weighted by molar-refractivity contribution is -0.140. The van der Waals surface area contributed by atoms with Crippen LogP contribution in [0.3, 0.4) is 0 Å². The fourth-order valence-corrected chi connectivity index (χ4v) is 4.73. The molecule has 2 aromatic carbocycles. The molecule has 0 saturated carbocycles. The minimum Gasteiger partial charge on any atom is -0.352 e. The number of nitrogens with zero attached hydrogens (tertiary/aromatic N) is 3. The van der Waals surface area contributed by atoms with Crippen molar-refractivity contribution in [2.75, 3.05) is 24.9 Å². The van der Waals surface area contributed by atoms with Gasteiger partial charge in [0.2, 0.25) is 11.8 Å². The number of hydrogen-bond donors (Lipinski definition) is 1. The van der Waals surface area contributed by atoms with Crippen LogP contribution >= 0.6 is 11.6 Å². The van der Waals surface area contributed by atoms with Crippen molar-refractivity contribution in [2.24, 2.45) is 0 Å². The molecule has 0 radical (unpaired) electrons. The van der Waals surface area contributed by atoms with Gasteiger partial charge >= 0.3 is 10.2 Å². The van der Waals surface area contributed by atoms with E-state index in [1.807, 2.05) is 20.8 Å². The highest BCUT2D eigenvalue weighted by atomic mass is 35.5. The molecule has 0 aliphatic carbocycles. The van der Waals surface area contributed by atoms with E-state index in [4.69, 9.17) is 11.6 Å². The zero-order valence-electron chi connectivity index (χ0n) is 20.9. The van der Waals surface area contributed by atoms with Crippen LogP contribution in [0.25, 0.3) is 0 Å². The van der Waals surface area contributed by atoms with E-state index in [9.17, 15) is 18.0 Å². The Labute approximate surface area is 214 Å². The Morgan fingerprint density at radius 2 is 1.57 bits per heavy atom. The minimum absolute atomic E-state index is 0.0651. The number of benzene rings is 2. The van der Waals surface area contributed by atoms with Crippen LogP contribution in [-0.2, 0) is 26.3 Å². The molecular formula is C25H35ClN4O4S. The van der Waals surface area contributed by atoms with Crippen LogP contribution in [0.15, 0.2) is 54.6 Å². The molecule has 2 atom stereocenters. The van der Waals surface area contributed by atoms with Crippen molar-refractivity contribution in [3.05, 3.63) is 65.2 Å². The van der Waals surface area contributed by atoms with Gasteiger partial charge in [0, 0.05) is 31.7 Å². The predicted octanol–water partition coefficient (Wildman–Crippen LogP) is 3.67. The van der Waals surface area contributed by atoms with Crippen LogP contribution < -0.4 is 9.62 Å². The monoisotopic (exact) mass is 522 g/mol. The van der Waals surface area contributed by atoms with Crippen molar-refractivity contribution in [1.29, 1.82) is 0 Å². The largest absolute Gasteiger partial charge is 0.352 e. The first-order chi connectivity index (χ1) is 16.5. The van der Waals surface area contributed by atoms with Gasteiger partial charge in [0.1, 0.15) is 12.6 Å². The van der Waals surface area contributed by atoms with Gasteiger partial charge in [-0.1, -0.05) is 61.8 Å². The number of para-hydroxylation sites is 1. The first-order valence-corrected chi connectivity index (χ1v) is 13.4. The Morgan fingerprint density at radius 1 is 0.971 bits per heavy atom. The van der Waals surface area contributed by atoms with Gasteiger partial charge in [-0.2, -0.15) is 12.7 Å². The summed E-state index contributed by atoms with van der Waals surface area (Å²) in [7, 11) is -1.17. The van der Waals surface area contributed by atoms with Crippen LogP contribution in [0, 0.1) is 0 Å². The maximum Gasteiger partial charge on any atom is 0.304 e. The summed E-state index contributed by atoms with van der Waals surface area (Å²) in [5.41, 5.74) is 1.02. The van der Waals surface area contributed by atoms with E-state index < -0.39 is 28.7 Å². The SMILES string of the molecule is CCC(C)NC(=O)C(CC)N(Cc1ccccc1Cl)C(=O)CN(c1ccccc1)S(=O)(=O)N(C)C. The number of anilines is 1. The zero-order valence-corrected chi connectivity index (χ0v) is 22.5. The molecule has 0 aromatic heterocycles. The van der Waals surface area contributed by atoms with Gasteiger partial charge in [0.25, 0.3) is 0 Å². The summed E-state index contributed by atoms with van der Waals surface area (Å²) >= 11 is 6.37. The van der Waals surface area contributed by atoms with Gasteiger partial charge in [-0.3, -0.25) is 9.59 Å². The number of hydrogen-bond acceptors (Lipinski definition) is 4. The van der Waals surface area contributed by atoms with E-state index in [2.05, 4.69) is 5.32 Å². The number of amides is 2. The van der Waals surface area contributed by atoms with E-state index in [0.29, 0.717) is 22.7 Å². The summed E-state index contributed by atoms with van der Waals surface area (Å²) in [5.74, 6) is -0.797. The van der Waals surface area contributed by atoms with Gasteiger partial charge in [-0.25, -0.2) is 4.31 Å². The number of carbonyl (C=O) groups excluding carboxylic acids is 2. The Hall–Kier alpha value is -2.62. The van der Waals surface area contributed by atoms with Crippen LogP contribution in [0.5, 0.6) is 0 Å². The molecule has 2 unspecified atom stereocenters. The summed E-state index contributed by atoms with van der Waals surface area (Å²) in [6, 6.07) is 14.6. The summed E-state index contributed by atoms with van der Waals surface area (Å²) in [5, 5.41) is 3.41. The van der Waals surface area contributed by atoms with Gasteiger partial charge in [0.15, 0.2) is 0 Å². The topological polar surface area (TPSA) is 90.0 Å². The molecule has 2 aromatic rings. The van der Waals surface area contributed by atoms with Gasteiger partial charge in [0.05, 0.1) is 5.69 Å². The number of halogens is 1. The normalized spacial score (nSPS) is 13.2. The maximum atomic E-state index is 13.8. The van der Waals surface area contributed by atoms with E-state index in [1.54, 1.807) is 54.6 Å². The minimum atomic E-state index is -3.98. The van der Waals surface area contributed by atoms with E-state index in [-0.39, 0.29) is 18.5 Å². The van der Waals surface area contributed by atoms with Crippen molar-refractivity contribution in [3.63, 3.8) is 0 Å². The van der Waals surface area contributed by atoms with Crippen molar-refractivity contribution in [3.8, 4) is 0 Å². The Kier molecular flexibility index (Phi) is 10.5. The van der Waals surface area contributed by atoms with Gasteiger partial charge < -0.3 is 10.2 Å². The third-order valence-electron chi connectivity index (χ3n) is 5.75. The smallest absolute Gasteiger partial charge is 0.304 e. The van der Waals surface area contributed by atoms with Crippen molar-refractivity contribution >= 4 is 39.3 Å². The number of nitrogens with one attached hydrogen (secondary N) is 1. The summed E-state index contributed by atoms with van der Waals surface area (Å²) in [4.78, 5) is 28.3. The molecule has 10 heteroatoms. The van der Waals surface area contributed by atoms with Crippen LogP contribution in [0.4, 0.5) is 5.69 Å². The molecule has 0 saturated heterocycles. The van der Waals surface area contributed by atoms with Crippen molar-refractivity contribution in [1.82, 2.24) is 14.5 Å². The molecule has 35 heavy (non-hydrogen) atoms. The molecule has 2 amide bonds. The van der Waals surface area contributed by atoms with Gasteiger partial charge in [-0.15, -0.1) is 0 Å². The Balaban J connectivity index is 2.49. The fraction of sp³-hybridized carbons (Fsp3) is 0.440. The molecule has 0 aliphatic rings. The molecule has 8 nitrogen and oxygen atoms in total. The molecule has 0 heterocycles. The molecule has 1 N–H and O–H groups in total.